The fraction of sp³-hybridized carbons (Fsp3) is 0.429. The number of aryl methyl sites for hydroxylation is 1. The maximum atomic E-state index is 16.0. The highest BCUT2D eigenvalue weighted by atomic mass is 32.2. The lowest BCUT2D eigenvalue weighted by Gasteiger charge is -2.46. The number of carbonyl (C=O) groups is 4. The molecule has 5 aromatic rings. The van der Waals surface area contributed by atoms with E-state index < -0.39 is 69.1 Å². The van der Waals surface area contributed by atoms with Crippen LogP contribution in [0.15, 0.2) is 66.9 Å². The van der Waals surface area contributed by atoms with Gasteiger partial charge in [-0.1, -0.05) is 18.2 Å². The van der Waals surface area contributed by atoms with Gasteiger partial charge in [0, 0.05) is 76.6 Å². The molecule has 0 spiro atoms. The molecule has 4 aliphatic heterocycles. The van der Waals surface area contributed by atoms with Crippen molar-refractivity contribution in [2.75, 3.05) is 69.9 Å². The molecule has 4 amide bonds. The number of benzene rings is 3. The Morgan fingerprint density at radius 3 is 2.31 bits per heavy atom. The van der Waals surface area contributed by atoms with E-state index in [9.17, 15) is 27.6 Å². The number of fused-ring (bicyclic) bond motifs is 2. The van der Waals surface area contributed by atoms with Crippen LogP contribution >= 0.6 is 0 Å². The normalized spacial score (nSPS) is 21.5. The molecule has 70 heavy (non-hydrogen) atoms. The molecule has 3 aromatic carbocycles. The lowest BCUT2D eigenvalue weighted by molar-refractivity contribution is -0.137. The number of likely N-dealkylation sites (tertiary alicyclic amines) is 1. The first kappa shape index (κ1) is 48.4. The number of rotatable bonds is 14. The first-order valence-electron chi connectivity index (χ1n) is 23.0. The van der Waals surface area contributed by atoms with Gasteiger partial charge in [0.1, 0.15) is 21.4 Å². The van der Waals surface area contributed by atoms with Gasteiger partial charge in [0.05, 0.1) is 65.9 Å². The smallest absolute Gasteiger partial charge is 0.275 e. The van der Waals surface area contributed by atoms with Crippen molar-refractivity contribution in [2.45, 2.75) is 63.1 Å². The number of halogens is 3. The number of imide groups is 2. The first-order valence-corrected chi connectivity index (χ1v) is 25.1. The summed E-state index contributed by atoms with van der Waals surface area (Å²) in [6.07, 6.45) is 2.95. The Hall–Kier alpha value is -6.58. The molecule has 17 nitrogen and oxygen atoms in total. The molecular formula is C49H53F3N8O9S. The van der Waals surface area contributed by atoms with E-state index >= 15 is 13.2 Å². The Bertz CT molecular complexity index is 3020. The molecule has 370 valence electrons. The molecule has 9 rings (SSSR count). The van der Waals surface area contributed by atoms with E-state index in [1.165, 1.54) is 36.2 Å². The number of nitrogens with one attached hydrogen (secondary N) is 1. The molecule has 3 atom stereocenters. The molecule has 21 heteroatoms. The number of alkyl halides is 2. The van der Waals surface area contributed by atoms with Crippen LogP contribution in [0.2, 0.25) is 0 Å². The van der Waals surface area contributed by atoms with Crippen molar-refractivity contribution in [1.82, 2.24) is 34.8 Å². The number of sulfone groups is 1. The Kier molecular flexibility index (Phi) is 12.9. The fourth-order valence-electron chi connectivity index (χ4n) is 10.0. The molecule has 0 radical (unpaired) electrons. The number of hydrogen-bond acceptors (Lipinski definition) is 14. The summed E-state index contributed by atoms with van der Waals surface area (Å²) < 4.78 is 91.4. The second-order valence-corrected chi connectivity index (χ2v) is 20.7. The number of nitrogens with zero attached hydrogens (tertiary/aromatic N) is 7. The van der Waals surface area contributed by atoms with E-state index in [2.05, 4.69) is 15.4 Å². The highest BCUT2D eigenvalue weighted by Gasteiger charge is 2.49. The minimum absolute atomic E-state index is 0.0358. The van der Waals surface area contributed by atoms with E-state index in [0.29, 0.717) is 84.6 Å². The maximum Gasteiger partial charge on any atom is 0.275 e. The zero-order valence-corrected chi connectivity index (χ0v) is 40.2. The highest BCUT2D eigenvalue weighted by molar-refractivity contribution is 7.90. The summed E-state index contributed by atoms with van der Waals surface area (Å²) in [5.41, 5.74) is 1.02. The quantitative estimate of drug-likeness (QED) is 0.139. The molecule has 0 unspecified atom stereocenters. The Labute approximate surface area is 402 Å². The number of pyridine rings is 1. The minimum atomic E-state index is -3.70. The number of methoxy groups -OCH3 is 1. The number of ether oxygens (including phenoxy) is 3. The second-order valence-electron chi connectivity index (χ2n) is 18.5. The van der Waals surface area contributed by atoms with Gasteiger partial charge in [-0.2, -0.15) is 5.10 Å². The van der Waals surface area contributed by atoms with E-state index in [1.54, 1.807) is 73.2 Å². The molecule has 3 fully saturated rings. The Morgan fingerprint density at radius 1 is 0.914 bits per heavy atom. The third-order valence-electron chi connectivity index (χ3n) is 13.7. The first-order chi connectivity index (χ1) is 33.3. The van der Waals surface area contributed by atoms with Crippen molar-refractivity contribution in [3.63, 3.8) is 0 Å². The maximum absolute atomic E-state index is 16.0. The molecule has 6 heterocycles. The lowest BCUT2D eigenvalue weighted by Crippen LogP contribution is -2.61. The zero-order chi connectivity index (χ0) is 49.9. The van der Waals surface area contributed by atoms with Crippen LogP contribution in [-0.2, 0) is 38.4 Å². The van der Waals surface area contributed by atoms with Gasteiger partial charge in [-0.15, -0.1) is 0 Å². The molecule has 2 aromatic heterocycles. The van der Waals surface area contributed by atoms with Gasteiger partial charge >= 0.3 is 0 Å². The average Bonchev–Trinajstić information content (AvgIpc) is 3.77. The van der Waals surface area contributed by atoms with Crippen LogP contribution in [0.4, 0.5) is 19.0 Å². The van der Waals surface area contributed by atoms with Crippen molar-refractivity contribution >= 4 is 50.2 Å². The summed E-state index contributed by atoms with van der Waals surface area (Å²) in [6.45, 7) is 5.29. The predicted octanol–water partition coefficient (Wildman–Crippen LogP) is 5.42. The molecule has 0 aliphatic carbocycles. The number of aromatic nitrogens is 3. The largest absolute Gasteiger partial charge is 0.493 e. The van der Waals surface area contributed by atoms with Crippen molar-refractivity contribution in [2.24, 2.45) is 7.05 Å². The van der Waals surface area contributed by atoms with Crippen LogP contribution in [0, 0.1) is 5.82 Å². The summed E-state index contributed by atoms with van der Waals surface area (Å²) in [7, 11) is -0.563. The number of carbonyl (C=O) groups excluding carboxylic acids is 4. The van der Waals surface area contributed by atoms with E-state index in [-0.39, 0.29) is 48.6 Å². The summed E-state index contributed by atoms with van der Waals surface area (Å²) in [4.78, 5) is 63.3. The van der Waals surface area contributed by atoms with Crippen molar-refractivity contribution in [3.8, 4) is 23.0 Å². The van der Waals surface area contributed by atoms with Crippen molar-refractivity contribution < 1.29 is 55.0 Å². The third kappa shape index (κ3) is 9.28. The van der Waals surface area contributed by atoms with E-state index in [0.717, 1.165) is 16.7 Å². The van der Waals surface area contributed by atoms with Gasteiger partial charge in [-0.3, -0.25) is 43.9 Å². The molecule has 0 bridgehead atoms. The summed E-state index contributed by atoms with van der Waals surface area (Å²) in [6, 6.07) is 13.7. The van der Waals surface area contributed by atoms with E-state index in [4.69, 9.17) is 14.2 Å². The monoisotopic (exact) mass is 986 g/mol. The standard InChI is InChI=1S/C49H53F3N8O9S/c1-6-68-40-21-30(9-12-38(40)67-4)37(27-70(5,65)66)60-45(62)32-23-42(53-25-34(32)46(60)63)59-19-17-58(18-20-59)41-14-16-57(28-49(41,51)52)26-29-7-10-31(11-8-29)69-39-24-36-33(22-35(39)50)44(55-56(36)3)48(2)15-13-43(61)54-47(48)64/h7-12,21-25,37,41H,6,13-20,26-28H2,1-5H3,(H,54,61,64)/t37-,41-,48-/m1/s1. The molecule has 4 aliphatic rings. The zero-order valence-electron chi connectivity index (χ0n) is 39.3. The topological polar surface area (TPSA) is 186 Å². The van der Waals surface area contributed by atoms with Crippen molar-refractivity contribution in [3.05, 3.63) is 101 Å². The number of anilines is 1. The minimum Gasteiger partial charge on any atom is -0.493 e. The van der Waals surface area contributed by atoms with Gasteiger partial charge in [-0.05, 0) is 74.2 Å². The summed E-state index contributed by atoms with van der Waals surface area (Å²) in [5, 5.41) is 7.32. The van der Waals surface area contributed by atoms with Crippen LogP contribution in [0.25, 0.3) is 10.9 Å². The summed E-state index contributed by atoms with van der Waals surface area (Å²) in [5.74, 6) is -5.02. The van der Waals surface area contributed by atoms with Crippen LogP contribution < -0.4 is 24.4 Å². The molecule has 0 saturated carbocycles. The third-order valence-corrected chi connectivity index (χ3v) is 14.7. The fourth-order valence-corrected chi connectivity index (χ4v) is 11.0. The molecule has 3 saturated heterocycles. The van der Waals surface area contributed by atoms with Gasteiger partial charge in [0.25, 0.3) is 17.7 Å². The number of piperidine rings is 2. The number of amides is 4. The second kappa shape index (κ2) is 18.6. The van der Waals surface area contributed by atoms with Crippen LogP contribution in [-0.4, -0.2) is 138 Å². The van der Waals surface area contributed by atoms with Gasteiger partial charge in [0.2, 0.25) is 11.8 Å². The summed E-state index contributed by atoms with van der Waals surface area (Å²) >= 11 is 0. The van der Waals surface area contributed by atoms with Gasteiger partial charge < -0.3 is 19.1 Å². The SMILES string of the molecule is CCOc1cc([C@@H](CS(C)(=O)=O)N2C(=O)c3cnc(N4CCN([C@@H]5CCN(Cc6ccc(Oc7cc8c(cc7F)c([C@@]7(C)CCC(=O)NC7=O)nn8C)cc6)CC5(F)F)CC4)cc3C2=O)ccc1OC. The predicted molar refractivity (Wildman–Crippen MR) is 251 cm³/mol. The molecular weight excluding hydrogens is 934 g/mol. The lowest BCUT2D eigenvalue weighted by atomic mass is 9.77. The number of hydrogen-bond donors (Lipinski definition) is 1. The Morgan fingerprint density at radius 2 is 1.64 bits per heavy atom. The van der Waals surface area contributed by atoms with Gasteiger partial charge in [0.15, 0.2) is 23.1 Å². The van der Waals surface area contributed by atoms with Crippen LogP contribution in [0.3, 0.4) is 0 Å². The van der Waals surface area contributed by atoms with E-state index in [1.807, 2.05) is 4.90 Å². The average molecular weight is 987 g/mol. The highest BCUT2D eigenvalue weighted by Crippen LogP contribution is 2.41. The Balaban J connectivity index is 0.806. The van der Waals surface area contributed by atoms with Crippen molar-refractivity contribution in [1.29, 1.82) is 0 Å². The van der Waals surface area contributed by atoms with Crippen LogP contribution in [0.1, 0.15) is 76.7 Å². The van der Waals surface area contributed by atoms with Gasteiger partial charge in [-0.25, -0.2) is 26.6 Å². The number of piperazine rings is 1. The van der Waals surface area contributed by atoms with Crippen LogP contribution in [0.5, 0.6) is 23.0 Å². The molecule has 1 N–H and O–H groups in total.